The number of hydrogen-bond acceptors (Lipinski definition) is 7. The Balaban J connectivity index is 1.98. The lowest BCUT2D eigenvalue weighted by Crippen LogP contribution is -2.29. The fourth-order valence-electron chi connectivity index (χ4n) is 2.46. The number of benzene rings is 1. The Hall–Kier alpha value is -2.78. The summed E-state index contributed by atoms with van der Waals surface area (Å²) in [4.78, 5) is 20.2. The van der Waals surface area contributed by atoms with E-state index >= 15 is 0 Å². The molecule has 26 heavy (non-hydrogen) atoms. The highest BCUT2D eigenvalue weighted by Crippen LogP contribution is 2.27. The maximum Gasteiger partial charge on any atom is 0.252 e. The van der Waals surface area contributed by atoms with E-state index in [-0.39, 0.29) is 23.2 Å². The van der Waals surface area contributed by atoms with Gasteiger partial charge in [-0.2, -0.15) is 0 Å². The highest BCUT2D eigenvalue weighted by Gasteiger charge is 2.18. The molecule has 2 heterocycles. The SMILES string of the molecule is CC[C@H](CN)Nc1nc(Nc2ccc3ncsc3c2)c(C(N)=O)cc1F. The second kappa shape index (κ2) is 7.63. The van der Waals surface area contributed by atoms with Crippen LogP contribution in [0.3, 0.4) is 0 Å². The number of carbonyl (C=O) groups is 1. The topological polar surface area (TPSA) is 119 Å². The van der Waals surface area contributed by atoms with E-state index in [1.807, 2.05) is 19.1 Å². The molecule has 0 bridgehead atoms. The van der Waals surface area contributed by atoms with E-state index in [4.69, 9.17) is 11.5 Å². The monoisotopic (exact) mass is 374 g/mol. The number of amides is 1. The normalized spacial score (nSPS) is 12.1. The Morgan fingerprint density at radius 1 is 1.35 bits per heavy atom. The van der Waals surface area contributed by atoms with Crippen molar-refractivity contribution in [3.8, 4) is 0 Å². The van der Waals surface area contributed by atoms with Crippen LogP contribution in [-0.4, -0.2) is 28.5 Å². The van der Waals surface area contributed by atoms with Gasteiger partial charge in [0.2, 0.25) is 0 Å². The van der Waals surface area contributed by atoms with Crippen LogP contribution in [0.25, 0.3) is 10.2 Å². The minimum atomic E-state index is -0.768. The average Bonchev–Trinajstić information content (AvgIpc) is 3.09. The summed E-state index contributed by atoms with van der Waals surface area (Å²) in [6.45, 7) is 2.27. The van der Waals surface area contributed by atoms with Crippen LogP contribution in [0.4, 0.5) is 21.7 Å². The number of anilines is 3. The molecule has 0 fully saturated rings. The summed E-state index contributed by atoms with van der Waals surface area (Å²) in [5, 5.41) is 6.00. The number of fused-ring (bicyclic) bond motifs is 1. The summed E-state index contributed by atoms with van der Waals surface area (Å²) in [6.07, 6.45) is 0.708. The Kier molecular flexibility index (Phi) is 5.29. The van der Waals surface area contributed by atoms with Crippen molar-refractivity contribution in [1.29, 1.82) is 0 Å². The number of carbonyl (C=O) groups excluding carboxylic acids is 1. The first-order valence-electron chi connectivity index (χ1n) is 8.09. The molecule has 9 heteroatoms. The molecule has 0 spiro atoms. The minimum Gasteiger partial charge on any atom is -0.365 e. The molecule has 0 aliphatic carbocycles. The van der Waals surface area contributed by atoms with E-state index in [9.17, 15) is 9.18 Å². The van der Waals surface area contributed by atoms with Crippen LogP contribution < -0.4 is 22.1 Å². The van der Waals surface area contributed by atoms with E-state index in [2.05, 4.69) is 20.6 Å². The van der Waals surface area contributed by atoms with Gasteiger partial charge in [0.1, 0.15) is 5.82 Å². The predicted octanol–water partition coefficient (Wildman–Crippen LogP) is 2.82. The van der Waals surface area contributed by atoms with Crippen LogP contribution in [0.1, 0.15) is 23.7 Å². The lowest BCUT2D eigenvalue weighted by molar-refractivity contribution is 0.100. The van der Waals surface area contributed by atoms with Crippen molar-refractivity contribution in [2.45, 2.75) is 19.4 Å². The van der Waals surface area contributed by atoms with Gasteiger partial charge in [0.15, 0.2) is 11.6 Å². The number of nitrogens with two attached hydrogens (primary N) is 2. The maximum absolute atomic E-state index is 14.3. The van der Waals surface area contributed by atoms with Gasteiger partial charge in [0, 0.05) is 18.3 Å². The van der Waals surface area contributed by atoms with Crippen LogP contribution in [0, 0.1) is 5.82 Å². The van der Waals surface area contributed by atoms with Gasteiger partial charge in [0.05, 0.1) is 21.3 Å². The molecule has 0 aliphatic heterocycles. The van der Waals surface area contributed by atoms with Crippen molar-refractivity contribution < 1.29 is 9.18 Å². The van der Waals surface area contributed by atoms with Gasteiger partial charge < -0.3 is 22.1 Å². The van der Waals surface area contributed by atoms with E-state index < -0.39 is 11.7 Å². The van der Waals surface area contributed by atoms with Gasteiger partial charge in [-0.05, 0) is 30.7 Å². The fourth-order valence-corrected chi connectivity index (χ4v) is 3.18. The summed E-state index contributed by atoms with van der Waals surface area (Å²) < 4.78 is 15.3. The summed E-state index contributed by atoms with van der Waals surface area (Å²) in [5.74, 6) is -1.23. The first-order valence-corrected chi connectivity index (χ1v) is 8.97. The zero-order valence-electron chi connectivity index (χ0n) is 14.1. The predicted molar refractivity (Wildman–Crippen MR) is 102 cm³/mol. The second-order valence-corrected chi connectivity index (χ2v) is 6.61. The van der Waals surface area contributed by atoms with Crippen LogP contribution in [-0.2, 0) is 0 Å². The van der Waals surface area contributed by atoms with Gasteiger partial charge >= 0.3 is 0 Å². The Labute approximate surface area is 153 Å². The number of rotatable bonds is 7. The van der Waals surface area contributed by atoms with E-state index in [1.54, 1.807) is 11.6 Å². The lowest BCUT2D eigenvalue weighted by Gasteiger charge is -2.18. The van der Waals surface area contributed by atoms with Gasteiger partial charge in [-0.25, -0.2) is 14.4 Å². The summed E-state index contributed by atoms with van der Waals surface area (Å²) in [5.41, 5.74) is 14.3. The Morgan fingerprint density at radius 3 is 2.85 bits per heavy atom. The van der Waals surface area contributed by atoms with Crippen molar-refractivity contribution in [3.63, 3.8) is 0 Å². The van der Waals surface area contributed by atoms with Gasteiger partial charge in [0.25, 0.3) is 5.91 Å². The number of pyridine rings is 1. The lowest BCUT2D eigenvalue weighted by atomic mass is 10.2. The van der Waals surface area contributed by atoms with Crippen molar-refractivity contribution in [1.82, 2.24) is 9.97 Å². The first kappa shape index (κ1) is 18.0. The molecule has 0 saturated heterocycles. The van der Waals surface area contributed by atoms with E-state index in [0.717, 1.165) is 16.3 Å². The summed E-state index contributed by atoms with van der Waals surface area (Å²) >= 11 is 1.49. The van der Waals surface area contributed by atoms with Crippen molar-refractivity contribution in [3.05, 3.63) is 41.2 Å². The summed E-state index contributed by atoms with van der Waals surface area (Å²) in [7, 11) is 0. The standard InChI is InChI=1S/C17H19FN6OS/c1-2-9(7-19)22-17-12(18)6-11(15(20)25)16(24-17)23-10-3-4-13-14(5-10)26-8-21-13/h3-6,8-9H,2,7,19H2,1H3,(H2,20,25)(H2,22,23,24)/t9-/m1/s1. The van der Waals surface area contributed by atoms with E-state index in [1.165, 1.54) is 11.3 Å². The highest BCUT2D eigenvalue weighted by atomic mass is 32.1. The molecule has 1 aromatic carbocycles. The third-order valence-corrected chi connectivity index (χ3v) is 4.75. The number of nitrogens with one attached hydrogen (secondary N) is 2. The molecule has 3 rings (SSSR count). The van der Waals surface area contributed by atoms with Gasteiger partial charge in [-0.15, -0.1) is 11.3 Å². The van der Waals surface area contributed by atoms with Crippen molar-refractivity contribution in [2.75, 3.05) is 17.2 Å². The average molecular weight is 374 g/mol. The Morgan fingerprint density at radius 2 is 2.15 bits per heavy atom. The third kappa shape index (κ3) is 3.73. The molecule has 1 atom stereocenters. The van der Waals surface area contributed by atoms with Gasteiger partial charge in [-0.3, -0.25) is 4.79 Å². The molecule has 3 aromatic rings. The maximum atomic E-state index is 14.3. The zero-order chi connectivity index (χ0) is 18.7. The second-order valence-electron chi connectivity index (χ2n) is 5.72. The smallest absolute Gasteiger partial charge is 0.252 e. The van der Waals surface area contributed by atoms with Crippen LogP contribution in [0.15, 0.2) is 29.8 Å². The molecule has 0 aliphatic rings. The molecule has 0 saturated carbocycles. The summed E-state index contributed by atoms with van der Waals surface area (Å²) in [6, 6.07) is 6.49. The minimum absolute atomic E-state index is 0.0219. The van der Waals surface area contributed by atoms with Crippen molar-refractivity contribution >= 4 is 44.8 Å². The number of halogens is 1. The quantitative estimate of drug-likeness (QED) is 0.505. The zero-order valence-corrected chi connectivity index (χ0v) is 14.9. The first-order chi connectivity index (χ1) is 12.5. The largest absolute Gasteiger partial charge is 0.365 e. The number of hydrogen-bond donors (Lipinski definition) is 4. The molecule has 136 valence electrons. The van der Waals surface area contributed by atoms with Crippen molar-refractivity contribution in [2.24, 2.45) is 11.5 Å². The third-order valence-electron chi connectivity index (χ3n) is 3.95. The van der Waals surface area contributed by atoms with Gasteiger partial charge in [-0.1, -0.05) is 6.92 Å². The fraction of sp³-hybridized carbons (Fsp3) is 0.235. The molecular weight excluding hydrogens is 355 g/mol. The highest BCUT2D eigenvalue weighted by molar-refractivity contribution is 7.16. The number of aromatic nitrogens is 2. The van der Waals surface area contributed by atoms with E-state index in [0.29, 0.717) is 18.7 Å². The molecule has 1 amide bonds. The molecule has 0 radical (unpaired) electrons. The van der Waals surface area contributed by atoms with Crippen LogP contribution in [0.2, 0.25) is 0 Å². The number of nitrogens with zero attached hydrogens (tertiary/aromatic N) is 2. The molecule has 0 unspecified atom stereocenters. The molecule has 6 N–H and O–H groups in total. The molecular formula is C17H19FN6OS. The molecule has 7 nitrogen and oxygen atoms in total. The molecule has 2 aromatic heterocycles. The van der Waals surface area contributed by atoms with Crippen LogP contribution >= 0.6 is 11.3 Å². The Bertz CT molecular complexity index is 940. The number of thiazole rings is 1. The van der Waals surface area contributed by atoms with Crippen LogP contribution in [0.5, 0.6) is 0 Å². The number of primary amides is 1.